The molecule has 1 aliphatic carbocycles. The fraction of sp³-hybridized carbons (Fsp3) is 0.0588. The number of hydrogen-bond donors (Lipinski definition) is 0. The summed E-state index contributed by atoms with van der Waals surface area (Å²) in [6.45, 7) is 4.74. The highest BCUT2D eigenvalue weighted by Gasteiger charge is 2.37. The van der Waals surface area contributed by atoms with Crippen LogP contribution in [0, 0.1) is 0 Å². The Labute approximate surface area is 315 Å². The van der Waals surface area contributed by atoms with Crippen molar-refractivity contribution >= 4 is 48.6 Å². The number of thiophene rings is 1. The molecule has 0 radical (unpaired) electrons. The Morgan fingerprint density at radius 2 is 0.981 bits per heavy atom. The van der Waals surface area contributed by atoms with E-state index in [1.807, 2.05) is 11.3 Å². The van der Waals surface area contributed by atoms with Gasteiger partial charge in [-0.1, -0.05) is 159 Å². The van der Waals surface area contributed by atoms with Crippen LogP contribution in [0.5, 0.6) is 0 Å². The maximum absolute atomic E-state index is 2.47. The summed E-state index contributed by atoms with van der Waals surface area (Å²) >= 11 is 1.87. The highest BCUT2D eigenvalue weighted by molar-refractivity contribution is 7.26. The zero-order valence-electron chi connectivity index (χ0n) is 29.8. The topological polar surface area (TPSA) is 3.24 Å². The molecule has 1 heterocycles. The number of anilines is 3. The van der Waals surface area contributed by atoms with Gasteiger partial charge in [-0.2, -0.15) is 0 Å². The van der Waals surface area contributed by atoms with E-state index in [1.165, 1.54) is 81.5 Å². The predicted octanol–water partition coefficient (Wildman–Crippen LogP) is 14.8. The van der Waals surface area contributed by atoms with Gasteiger partial charge in [-0.25, -0.2) is 0 Å². The normalized spacial score (nSPS) is 12.9. The van der Waals surface area contributed by atoms with Crippen LogP contribution in [0.4, 0.5) is 17.1 Å². The van der Waals surface area contributed by atoms with Crippen molar-refractivity contribution in [3.05, 3.63) is 199 Å². The van der Waals surface area contributed by atoms with Crippen molar-refractivity contribution in [2.24, 2.45) is 0 Å². The van der Waals surface area contributed by atoms with Crippen LogP contribution in [0.2, 0.25) is 0 Å². The largest absolute Gasteiger partial charge is 0.310 e. The Morgan fingerprint density at radius 3 is 1.70 bits per heavy atom. The highest BCUT2D eigenvalue weighted by Crippen LogP contribution is 2.54. The van der Waals surface area contributed by atoms with Crippen molar-refractivity contribution in [1.82, 2.24) is 0 Å². The maximum Gasteiger partial charge on any atom is 0.0554 e. The lowest BCUT2D eigenvalue weighted by Gasteiger charge is -2.28. The fourth-order valence-corrected chi connectivity index (χ4v) is 9.57. The van der Waals surface area contributed by atoms with E-state index in [4.69, 9.17) is 0 Å². The van der Waals surface area contributed by atoms with Crippen LogP contribution >= 0.6 is 11.3 Å². The molecule has 0 N–H and O–H groups in total. The molecule has 0 saturated carbocycles. The van der Waals surface area contributed by atoms with E-state index in [9.17, 15) is 0 Å². The van der Waals surface area contributed by atoms with Gasteiger partial charge in [0.25, 0.3) is 0 Å². The van der Waals surface area contributed by atoms with E-state index in [2.05, 4.69) is 207 Å². The van der Waals surface area contributed by atoms with Crippen LogP contribution in [-0.2, 0) is 5.41 Å². The average molecular weight is 696 g/mol. The summed E-state index contributed by atoms with van der Waals surface area (Å²) in [7, 11) is 0. The molecule has 1 nitrogen and oxygen atoms in total. The van der Waals surface area contributed by atoms with E-state index in [0.29, 0.717) is 0 Å². The van der Waals surface area contributed by atoms with Gasteiger partial charge in [-0.15, -0.1) is 11.3 Å². The molecule has 8 aromatic carbocycles. The molecule has 252 valence electrons. The second kappa shape index (κ2) is 12.5. The monoisotopic (exact) mass is 695 g/mol. The van der Waals surface area contributed by atoms with Crippen LogP contribution in [0.25, 0.3) is 64.7 Å². The number of benzene rings is 8. The summed E-state index contributed by atoms with van der Waals surface area (Å²) in [6.07, 6.45) is 0. The van der Waals surface area contributed by atoms with Gasteiger partial charge in [0.05, 0.1) is 5.69 Å². The zero-order valence-corrected chi connectivity index (χ0v) is 30.6. The smallest absolute Gasteiger partial charge is 0.0554 e. The minimum Gasteiger partial charge on any atom is -0.310 e. The first-order chi connectivity index (χ1) is 26.0. The first-order valence-electron chi connectivity index (χ1n) is 18.3. The van der Waals surface area contributed by atoms with Crippen molar-refractivity contribution in [2.75, 3.05) is 4.90 Å². The minimum absolute atomic E-state index is 0.111. The van der Waals surface area contributed by atoms with Gasteiger partial charge in [-0.3, -0.25) is 0 Å². The molecule has 10 rings (SSSR count). The van der Waals surface area contributed by atoms with Gasteiger partial charge < -0.3 is 4.90 Å². The molecule has 0 saturated heterocycles. The van der Waals surface area contributed by atoms with Crippen molar-refractivity contribution in [3.8, 4) is 44.5 Å². The van der Waals surface area contributed by atoms with E-state index >= 15 is 0 Å². The van der Waals surface area contributed by atoms with Crippen LogP contribution < -0.4 is 4.90 Å². The molecule has 0 unspecified atom stereocenters. The third-order valence-corrected chi connectivity index (χ3v) is 12.2. The van der Waals surface area contributed by atoms with E-state index < -0.39 is 0 Å². The Kier molecular flexibility index (Phi) is 7.42. The number of fused-ring (bicyclic) bond motifs is 6. The van der Waals surface area contributed by atoms with Crippen molar-refractivity contribution in [3.63, 3.8) is 0 Å². The van der Waals surface area contributed by atoms with Gasteiger partial charge in [-0.05, 0) is 98.1 Å². The third-order valence-electron chi connectivity index (χ3n) is 11.1. The van der Waals surface area contributed by atoms with Crippen LogP contribution in [0.3, 0.4) is 0 Å². The second-order valence-corrected chi connectivity index (χ2v) is 15.6. The van der Waals surface area contributed by atoms with Crippen molar-refractivity contribution in [1.29, 1.82) is 0 Å². The van der Waals surface area contributed by atoms with Gasteiger partial charge in [0.15, 0.2) is 0 Å². The summed E-state index contributed by atoms with van der Waals surface area (Å²) in [5.41, 5.74) is 16.2. The average Bonchev–Trinajstić information content (AvgIpc) is 3.71. The molecule has 2 heteroatoms. The summed E-state index contributed by atoms with van der Waals surface area (Å²) in [4.78, 5) is 2.47. The molecular formula is C51H37NS. The number of rotatable bonds is 6. The lowest BCUT2D eigenvalue weighted by molar-refractivity contribution is 0.660. The first kappa shape index (κ1) is 31.5. The van der Waals surface area contributed by atoms with Crippen molar-refractivity contribution in [2.45, 2.75) is 19.3 Å². The van der Waals surface area contributed by atoms with Gasteiger partial charge in [0, 0.05) is 37.0 Å². The quantitative estimate of drug-likeness (QED) is 0.167. The van der Waals surface area contributed by atoms with Crippen LogP contribution in [0.1, 0.15) is 25.0 Å². The zero-order chi connectivity index (χ0) is 35.5. The third kappa shape index (κ3) is 5.21. The van der Waals surface area contributed by atoms with Crippen LogP contribution in [0.15, 0.2) is 188 Å². The van der Waals surface area contributed by atoms with Gasteiger partial charge in [0.1, 0.15) is 0 Å². The first-order valence-corrected chi connectivity index (χ1v) is 19.2. The maximum atomic E-state index is 2.47. The Balaban J connectivity index is 1.14. The summed E-state index contributed by atoms with van der Waals surface area (Å²) < 4.78 is 2.60. The number of nitrogens with zero attached hydrogens (tertiary/aromatic N) is 1. The van der Waals surface area contributed by atoms with Crippen molar-refractivity contribution < 1.29 is 0 Å². The molecule has 0 aliphatic heterocycles. The Hall–Kier alpha value is -6.22. The van der Waals surface area contributed by atoms with Gasteiger partial charge >= 0.3 is 0 Å². The molecule has 0 spiro atoms. The Bertz CT molecular complexity index is 2780. The standard InChI is InChI=1S/C51H37NS/c1-51(2)44-32-31-40(33-43(44)49-41(18-11-19-45(49)51)38-15-7-4-8-16-38)52(46-20-12-22-48-50(46)42-17-9-10-21-47(42)53-48)39-29-27-37(28-30-39)36-25-23-35(24-26-36)34-13-5-3-6-14-34/h3-33H,1-2H3. The molecule has 0 atom stereocenters. The predicted molar refractivity (Wildman–Crippen MR) is 228 cm³/mol. The second-order valence-electron chi connectivity index (χ2n) is 14.5. The Morgan fingerprint density at radius 1 is 0.415 bits per heavy atom. The lowest BCUT2D eigenvalue weighted by atomic mass is 9.82. The van der Waals surface area contributed by atoms with E-state index in [-0.39, 0.29) is 5.41 Å². The molecule has 1 aromatic heterocycles. The lowest BCUT2D eigenvalue weighted by Crippen LogP contribution is -2.15. The summed E-state index contributed by atoms with van der Waals surface area (Å²) in [5, 5.41) is 2.59. The fourth-order valence-electron chi connectivity index (χ4n) is 8.45. The minimum atomic E-state index is -0.111. The molecule has 53 heavy (non-hydrogen) atoms. The summed E-state index contributed by atoms with van der Waals surface area (Å²) in [5.74, 6) is 0. The molecular weight excluding hydrogens is 659 g/mol. The molecule has 0 amide bonds. The number of hydrogen-bond acceptors (Lipinski definition) is 2. The van der Waals surface area contributed by atoms with E-state index in [1.54, 1.807) is 0 Å². The molecule has 1 aliphatic rings. The molecule has 0 fully saturated rings. The summed E-state index contributed by atoms with van der Waals surface area (Å²) in [6, 6.07) is 69.0. The van der Waals surface area contributed by atoms with E-state index in [0.717, 1.165) is 11.4 Å². The van der Waals surface area contributed by atoms with Crippen LogP contribution in [-0.4, -0.2) is 0 Å². The van der Waals surface area contributed by atoms with Gasteiger partial charge in [0.2, 0.25) is 0 Å². The highest BCUT2D eigenvalue weighted by atomic mass is 32.1. The molecule has 0 bridgehead atoms. The molecule has 9 aromatic rings. The SMILES string of the molecule is CC1(C)c2ccc(N(c3ccc(-c4ccc(-c5ccccc5)cc4)cc3)c3cccc4sc5ccccc5c34)cc2-c2c(-c3ccccc3)cccc21.